The summed E-state index contributed by atoms with van der Waals surface area (Å²) in [5.74, 6) is 0.724. The van der Waals surface area contributed by atoms with Gasteiger partial charge in [0.2, 0.25) is 0 Å². The van der Waals surface area contributed by atoms with E-state index < -0.39 is 0 Å². The molecular weight excluding hydrogens is 260 g/mol. The number of hydrogen-bond acceptors (Lipinski definition) is 3. The zero-order valence-electron chi connectivity index (χ0n) is 14.2. The van der Waals surface area contributed by atoms with Gasteiger partial charge in [-0.25, -0.2) is 0 Å². The third-order valence-corrected chi connectivity index (χ3v) is 4.74. The molecule has 1 N–H and O–H groups in total. The molecule has 0 spiro atoms. The van der Waals surface area contributed by atoms with Crippen molar-refractivity contribution in [3.63, 3.8) is 0 Å². The van der Waals surface area contributed by atoms with Crippen molar-refractivity contribution in [3.05, 3.63) is 18.0 Å². The SMILES string of the molecule is CCCNC1CCN(Cc2ccn(C(C)CC)n2)CC1C. The van der Waals surface area contributed by atoms with Gasteiger partial charge in [0, 0.05) is 37.9 Å². The normalized spacial score (nSPS) is 25.1. The van der Waals surface area contributed by atoms with Crippen LogP contribution in [-0.2, 0) is 6.54 Å². The van der Waals surface area contributed by atoms with Crippen LogP contribution in [0.1, 0.15) is 58.7 Å². The summed E-state index contributed by atoms with van der Waals surface area (Å²) >= 11 is 0. The van der Waals surface area contributed by atoms with Crippen LogP contribution in [0, 0.1) is 5.92 Å². The summed E-state index contributed by atoms with van der Waals surface area (Å²) in [5, 5.41) is 8.41. The molecule has 4 heteroatoms. The summed E-state index contributed by atoms with van der Waals surface area (Å²) in [7, 11) is 0. The molecule has 3 unspecified atom stereocenters. The molecule has 0 amide bonds. The Kier molecular flexibility index (Phi) is 6.24. The fourth-order valence-corrected chi connectivity index (χ4v) is 3.13. The minimum atomic E-state index is 0.502. The van der Waals surface area contributed by atoms with E-state index in [-0.39, 0.29) is 0 Å². The van der Waals surface area contributed by atoms with E-state index in [1.807, 2.05) is 0 Å². The summed E-state index contributed by atoms with van der Waals surface area (Å²) in [4.78, 5) is 2.55. The van der Waals surface area contributed by atoms with Crippen molar-refractivity contribution < 1.29 is 0 Å². The molecule has 4 nitrogen and oxygen atoms in total. The Morgan fingerprint density at radius 1 is 1.43 bits per heavy atom. The molecule has 2 rings (SSSR count). The largest absolute Gasteiger partial charge is 0.314 e. The first kappa shape index (κ1) is 16.5. The zero-order chi connectivity index (χ0) is 15.2. The van der Waals surface area contributed by atoms with Gasteiger partial charge in [0.1, 0.15) is 0 Å². The van der Waals surface area contributed by atoms with E-state index >= 15 is 0 Å². The molecule has 1 aliphatic heterocycles. The summed E-state index contributed by atoms with van der Waals surface area (Å²) in [6.07, 6.45) is 5.74. The quantitative estimate of drug-likeness (QED) is 0.838. The van der Waals surface area contributed by atoms with Crippen LogP contribution in [-0.4, -0.2) is 40.4 Å². The second-order valence-corrected chi connectivity index (χ2v) is 6.61. The number of aromatic nitrogens is 2. The summed E-state index contributed by atoms with van der Waals surface area (Å²) < 4.78 is 2.11. The highest BCUT2D eigenvalue weighted by Crippen LogP contribution is 2.19. The van der Waals surface area contributed by atoms with E-state index in [4.69, 9.17) is 5.10 Å². The second-order valence-electron chi connectivity index (χ2n) is 6.61. The van der Waals surface area contributed by atoms with Gasteiger partial charge in [-0.1, -0.05) is 20.8 Å². The molecule has 1 fully saturated rings. The van der Waals surface area contributed by atoms with Crippen molar-refractivity contribution in [2.45, 2.75) is 65.6 Å². The average molecular weight is 292 g/mol. The lowest BCUT2D eigenvalue weighted by atomic mass is 9.93. The zero-order valence-corrected chi connectivity index (χ0v) is 14.2. The van der Waals surface area contributed by atoms with Gasteiger partial charge in [0.05, 0.1) is 5.69 Å². The van der Waals surface area contributed by atoms with Crippen molar-refractivity contribution in [1.82, 2.24) is 20.0 Å². The first-order chi connectivity index (χ1) is 10.1. The monoisotopic (exact) mass is 292 g/mol. The molecule has 0 saturated carbocycles. The molecule has 0 radical (unpaired) electrons. The van der Waals surface area contributed by atoms with Crippen LogP contribution in [0.25, 0.3) is 0 Å². The Morgan fingerprint density at radius 2 is 2.24 bits per heavy atom. The number of rotatable bonds is 7. The Bertz CT molecular complexity index is 415. The minimum absolute atomic E-state index is 0.502. The highest BCUT2D eigenvalue weighted by Gasteiger charge is 2.25. The number of likely N-dealkylation sites (tertiary alicyclic amines) is 1. The first-order valence-corrected chi connectivity index (χ1v) is 8.63. The number of hydrogen-bond donors (Lipinski definition) is 1. The van der Waals surface area contributed by atoms with Gasteiger partial charge in [0.25, 0.3) is 0 Å². The van der Waals surface area contributed by atoms with Crippen molar-refractivity contribution >= 4 is 0 Å². The van der Waals surface area contributed by atoms with Crippen LogP contribution >= 0.6 is 0 Å². The van der Waals surface area contributed by atoms with Gasteiger partial charge in [-0.2, -0.15) is 5.10 Å². The summed E-state index contributed by atoms with van der Waals surface area (Å²) in [6, 6.07) is 3.37. The van der Waals surface area contributed by atoms with Gasteiger partial charge in [-0.05, 0) is 44.7 Å². The van der Waals surface area contributed by atoms with Crippen LogP contribution in [0.3, 0.4) is 0 Å². The predicted molar refractivity (Wildman–Crippen MR) is 88.4 cm³/mol. The van der Waals surface area contributed by atoms with Crippen molar-refractivity contribution in [2.24, 2.45) is 5.92 Å². The Balaban J connectivity index is 1.83. The lowest BCUT2D eigenvalue weighted by Gasteiger charge is -2.37. The Labute approximate surface area is 129 Å². The molecule has 3 atom stereocenters. The molecule has 21 heavy (non-hydrogen) atoms. The minimum Gasteiger partial charge on any atom is -0.314 e. The molecule has 1 aromatic rings. The summed E-state index contributed by atoms with van der Waals surface area (Å²) in [6.45, 7) is 13.5. The molecule has 0 bridgehead atoms. The fourth-order valence-electron chi connectivity index (χ4n) is 3.13. The molecule has 0 aliphatic carbocycles. The van der Waals surface area contributed by atoms with Crippen LogP contribution < -0.4 is 5.32 Å². The third-order valence-electron chi connectivity index (χ3n) is 4.74. The van der Waals surface area contributed by atoms with Gasteiger partial charge in [0.15, 0.2) is 0 Å². The highest BCUT2D eigenvalue weighted by atomic mass is 15.3. The number of nitrogens with one attached hydrogen (secondary N) is 1. The van der Waals surface area contributed by atoms with Gasteiger partial charge >= 0.3 is 0 Å². The van der Waals surface area contributed by atoms with E-state index in [1.54, 1.807) is 0 Å². The fraction of sp³-hybridized carbons (Fsp3) is 0.824. The standard InChI is InChI=1S/C17H32N4/c1-5-9-18-17-8-10-20(12-14(17)3)13-16-7-11-21(19-16)15(4)6-2/h7,11,14-15,17-18H,5-6,8-10,12-13H2,1-4H3. The van der Waals surface area contributed by atoms with Gasteiger partial charge in [-0.15, -0.1) is 0 Å². The maximum Gasteiger partial charge on any atom is 0.0764 e. The van der Waals surface area contributed by atoms with Crippen molar-refractivity contribution in [1.29, 1.82) is 0 Å². The second kappa shape index (κ2) is 7.95. The van der Waals surface area contributed by atoms with Crippen LogP contribution in [0.15, 0.2) is 12.3 Å². The van der Waals surface area contributed by atoms with Crippen LogP contribution in [0.2, 0.25) is 0 Å². The third kappa shape index (κ3) is 4.55. The number of piperidine rings is 1. The van der Waals surface area contributed by atoms with Crippen LogP contribution in [0.4, 0.5) is 0 Å². The molecule has 0 aromatic carbocycles. The van der Waals surface area contributed by atoms with E-state index in [1.165, 1.54) is 31.6 Å². The number of nitrogens with zero attached hydrogens (tertiary/aromatic N) is 3. The first-order valence-electron chi connectivity index (χ1n) is 8.63. The molecule has 1 saturated heterocycles. The smallest absolute Gasteiger partial charge is 0.0764 e. The topological polar surface area (TPSA) is 33.1 Å². The van der Waals surface area contributed by atoms with E-state index in [9.17, 15) is 0 Å². The molecular formula is C17H32N4. The molecule has 1 aliphatic rings. The maximum atomic E-state index is 4.73. The van der Waals surface area contributed by atoms with E-state index in [2.05, 4.69) is 54.9 Å². The summed E-state index contributed by atoms with van der Waals surface area (Å²) in [5.41, 5.74) is 1.21. The lowest BCUT2D eigenvalue weighted by Crippen LogP contribution is -2.48. The Morgan fingerprint density at radius 3 is 2.90 bits per heavy atom. The van der Waals surface area contributed by atoms with E-state index in [0.717, 1.165) is 25.4 Å². The highest BCUT2D eigenvalue weighted by molar-refractivity contribution is 5.00. The predicted octanol–water partition coefficient (Wildman–Crippen LogP) is 3.06. The van der Waals surface area contributed by atoms with Gasteiger partial charge in [-0.3, -0.25) is 9.58 Å². The maximum absolute atomic E-state index is 4.73. The van der Waals surface area contributed by atoms with E-state index in [0.29, 0.717) is 12.1 Å². The molecule has 1 aromatic heterocycles. The molecule has 120 valence electrons. The molecule has 2 heterocycles. The van der Waals surface area contributed by atoms with Crippen molar-refractivity contribution in [3.8, 4) is 0 Å². The van der Waals surface area contributed by atoms with Gasteiger partial charge < -0.3 is 5.32 Å². The Hall–Kier alpha value is -0.870. The van der Waals surface area contributed by atoms with Crippen molar-refractivity contribution in [2.75, 3.05) is 19.6 Å². The average Bonchev–Trinajstić information content (AvgIpc) is 2.94. The van der Waals surface area contributed by atoms with Crippen LogP contribution in [0.5, 0.6) is 0 Å². The lowest BCUT2D eigenvalue weighted by molar-refractivity contribution is 0.139.